The highest BCUT2D eigenvalue weighted by Gasteiger charge is 2.52. The number of rotatable bonds is 6. The first-order valence-electron chi connectivity index (χ1n) is 20.3. The van der Waals surface area contributed by atoms with Crippen LogP contribution < -0.4 is 4.90 Å². The Morgan fingerprint density at radius 3 is 1.76 bits per heavy atom. The van der Waals surface area contributed by atoms with Crippen LogP contribution in [-0.4, -0.2) is 4.57 Å². The Labute approximate surface area is 343 Å². The zero-order valence-corrected chi connectivity index (χ0v) is 32.4. The van der Waals surface area contributed by atoms with Crippen molar-refractivity contribution in [2.24, 2.45) is 0 Å². The molecule has 2 nitrogen and oxygen atoms in total. The van der Waals surface area contributed by atoms with E-state index in [0.717, 1.165) is 44.9 Å². The molecule has 2 heteroatoms. The fraction of sp³-hybridized carbons (Fsp3) is 0.0175. The molecule has 1 heterocycles. The highest BCUT2D eigenvalue weighted by molar-refractivity contribution is 6.17. The van der Waals surface area contributed by atoms with Crippen LogP contribution in [-0.2, 0) is 5.41 Å². The van der Waals surface area contributed by atoms with Crippen LogP contribution in [0.25, 0.3) is 72.5 Å². The minimum atomic E-state index is -0.519. The maximum atomic E-state index is 4.31. The molecule has 59 heavy (non-hydrogen) atoms. The molecule has 12 rings (SSSR count). The van der Waals surface area contributed by atoms with E-state index in [1.54, 1.807) is 0 Å². The van der Waals surface area contributed by atoms with E-state index in [0.29, 0.717) is 0 Å². The first-order valence-corrected chi connectivity index (χ1v) is 20.3. The van der Waals surface area contributed by atoms with Crippen LogP contribution in [0.5, 0.6) is 0 Å². The Balaban J connectivity index is 1.22. The largest absolute Gasteiger partial charge is 0.310 e. The maximum absolute atomic E-state index is 4.31. The Hall–Kier alpha value is -7.68. The van der Waals surface area contributed by atoms with Crippen LogP contribution in [0.4, 0.5) is 17.1 Å². The van der Waals surface area contributed by atoms with Crippen molar-refractivity contribution in [2.45, 2.75) is 5.41 Å². The van der Waals surface area contributed by atoms with E-state index in [9.17, 15) is 0 Å². The molecule has 0 aliphatic heterocycles. The van der Waals surface area contributed by atoms with E-state index in [4.69, 9.17) is 0 Å². The van der Waals surface area contributed by atoms with E-state index in [2.05, 4.69) is 217 Å². The molecule has 0 atom stereocenters. The molecule has 2 aliphatic carbocycles. The fourth-order valence-electron chi connectivity index (χ4n) is 10.7. The Kier molecular flexibility index (Phi) is 7.18. The number of nitrogens with zero attached hydrogens (tertiary/aromatic N) is 2. The predicted molar refractivity (Wildman–Crippen MR) is 249 cm³/mol. The molecule has 0 N–H and O–H groups in total. The Bertz CT molecular complexity index is 3320. The average Bonchev–Trinajstić information content (AvgIpc) is 3.91. The smallest absolute Gasteiger partial charge is 0.0726 e. The second-order valence-electron chi connectivity index (χ2n) is 15.7. The number of fused-ring (bicyclic) bond motifs is 15. The van der Waals surface area contributed by atoms with Gasteiger partial charge in [-0.15, -0.1) is 0 Å². The number of benzene rings is 9. The monoisotopic (exact) mass is 750 g/mol. The van der Waals surface area contributed by atoms with E-state index in [1.807, 2.05) is 12.2 Å². The van der Waals surface area contributed by atoms with Crippen molar-refractivity contribution in [3.8, 4) is 27.9 Å². The van der Waals surface area contributed by atoms with Crippen LogP contribution in [0.1, 0.15) is 33.5 Å². The van der Waals surface area contributed by atoms with E-state index >= 15 is 0 Å². The van der Waals surface area contributed by atoms with E-state index in [1.165, 1.54) is 66.1 Å². The predicted octanol–water partition coefficient (Wildman–Crippen LogP) is 15.0. The molecule has 9 aromatic carbocycles. The van der Waals surface area contributed by atoms with Gasteiger partial charge in [0.05, 0.1) is 22.3 Å². The highest BCUT2D eigenvalue weighted by Crippen LogP contribution is 2.65. The van der Waals surface area contributed by atoms with Gasteiger partial charge in [-0.2, -0.15) is 0 Å². The lowest BCUT2D eigenvalue weighted by molar-refractivity contribution is 0.795. The molecule has 0 saturated heterocycles. The SMILES string of the molecule is C=Cc1c(C=C)n(-c2ccccc2)c2ccc(N(c3ccccc3)c3cc4c(c5ccccc35)-c3c(ccc5ccccc35)C43c4ccccc4-c4ccccc43)cc12. The summed E-state index contributed by atoms with van der Waals surface area (Å²) in [5.74, 6) is 0. The minimum Gasteiger partial charge on any atom is -0.310 e. The van der Waals surface area contributed by atoms with Gasteiger partial charge in [0.1, 0.15) is 0 Å². The van der Waals surface area contributed by atoms with Crippen molar-refractivity contribution in [1.82, 2.24) is 4.57 Å². The van der Waals surface area contributed by atoms with Gasteiger partial charge in [-0.25, -0.2) is 0 Å². The molecule has 1 spiro atoms. The lowest BCUT2D eigenvalue weighted by Gasteiger charge is -2.33. The zero-order valence-electron chi connectivity index (χ0n) is 32.4. The third-order valence-corrected chi connectivity index (χ3v) is 12.9. The van der Waals surface area contributed by atoms with Gasteiger partial charge in [-0.1, -0.05) is 165 Å². The molecule has 10 aromatic rings. The summed E-state index contributed by atoms with van der Waals surface area (Å²) in [5.41, 5.74) is 17.6. The van der Waals surface area contributed by atoms with Gasteiger partial charge in [0.25, 0.3) is 0 Å². The van der Waals surface area contributed by atoms with Gasteiger partial charge in [-0.05, 0) is 115 Å². The first-order chi connectivity index (χ1) is 29.2. The molecule has 0 amide bonds. The number of anilines is 3. The summed E-state index contributed by atoms with van der Waals surface area (Å²) in [7, 11) is 0. The third-order valence-electron chi connectivity index (χ3n) is 12.9. The Morgan fingerprint density at radius 2 is 1.05 bits per heavy atom. The topological polar surface area (TPSA) is 8.17 Å². The summed E-state index contributed by atoms with van der Waals surface area (Å²) < 4.78 is 2.29. The van der Waals surface area contributed by atoms with Crippen LogP contribution >= 0.6 is 0 Å². The summed E-state index contributed by atoms with van der Waals surface area (Å²) >= 11 is 0. The number of para-hydroxylation sites is 2. The highest BCUT2D eigenvalue weighted by atomic mass is 15.1. The molecule has 0 bridgehead atoms. The summed E-state index contributed by atoms with van der Waals surface area (Å²) in [4.78, 5) is 2.46. The minimum absolute atomic E-state index is 0.519. The van der Waals surface area contributed by atoms with E-state index in [-0.39, 0.29) is 0 Å². The molecule has 1 aromatic heterocycles. The molecular weight excluding hydrogens is 713 g/mol. The van der Waals surface area contributed by atoms with Crippen molar-refractivity contribution < 1.29 is 0 Å². The van der Waals surface area contributed by atoms with Crippen molar-refractivity contribution in [1.29, 1.82) is 0 Å². The van der Waals surface area contributed by atoms with Gasteiger partial charge in [0.15, 0.2) is 0 Å². The summed E-state index contributed by atoms with van der Waals surface area (Å²) in [6.45, 7) is 8.58. The quantitative estimate of drug-likeness (QED) is 0.164. The first kappa shape index (κ1) is 33.5. The molecule has 0 saturated carbocycles. The van der Waals surface area contributed by atoms with Crippen molar-refractivity contribution >= 4 is 61.7 Å². The molecular formula is C57H38N2. The maximum Gasteiger partial charge on any atom is 0.0726 e. The van der Waals surface area contributed by atoms with Gasteiger partial charge in [-0.3, -0.25) is 0 Å². The van der Waals surface area contributed by atoms with Crippen LogP contribution in [0.3, 0.4) is 0 Å². The van der Waals surface area contributed by atoms with Gasteiger partial charge in [0, 0.05) is 33.4 Å². The summed E-state index contributed by atoms with van der Waals surface area (Å²) in [6.07, 6.45) is 3.92. The number of hydrogen-bond donors (Lipinski definition) is 0. The van der Waals surface area contributed by atoms with Gasteiger partial charge >= 0.3 is 0 Å². The van der Waals surface area contributed by atoms with Crippen LogP contribution in [0.2, 0.25) is 0 Å². The summed E-state index contributed by atoms with van der Waals surface area (Å²) in [6, 6.07) is 71.6. The molecule has 0 radical (unpaired) electrons. The normalized spacial score (nSPS) is 13.0. The molecule has 0 fully saturated rings. The summed E-state index contributed by atoms with van der Waals surface area (Å²) in [5, 5.41) is 6.10. The van der Waals surface area contributed by atoms with Crippen molar-refractivity contribution in [2.75, 3.05) is 4.90 Å². The molecule has 0 unspecified atom stereocenters. The Morgan fingerprint density at radius 1 is 0.441 bits per heavy atom. The average molecular weight is 751 g/mol. The second-order valence-corrected chi connectivity index (χ2v) is 15.7. The zero-order chi connectivity index (χ0) is 39.2. The van der Waals surface area contributed by atoms with Crippen molar-refractivity contribution in [3.05, 3.63) is 241 Å². The lowest BCUT2D eigenvalue weighted by atomic mass is 9.70. The number of aromatic nitrogens is 1. The standard InChI is InChI=1S/C57H38N2/c1-3-41-47-35-40(32-34-53(47)59(52(41)4-2)39-22-9-6-10-23-39)58(38-20-7-5-8-21-38)54-36-51-56(46-28-14-13-27-45(46)54)55-42-24-12-11-19-37(42)31-33-50(55)57(51)48-29-17-15-25-43(48)44-26-16-18-30-49(44)57/h3-36H,1-2H2. The number of hydrogen-bond acceptors (Lipinski definition) is 1. The fourth-order valence-corrected chi connectivity index (χ4v) is 10.7. The van der Waals surface area contributed by atoms with Gasteiger partial charge in [0.2, 0.25) is 0 Å². The third kappa shape index (κ3) is 4.46. The lowest BCUT2D eigenvalue weighted by Crippen LogP contribution is -2.26. The second kappa shape index (κ2) is 12.7. The van der Waals surface area contributed by atoms with Crippen molar-refractivity contribution in [3.63, 3.8) is 0 Å². The van der Waals surface area contributed by atoms with E-state index < -0.39 is 5.41 Å². The molecule has 2 aliphatic rings. The van der Waals surface area contributed by atoms with Crippen LogP contribution in [0, 0.1) is 0 Å². The molecule has 276 valence electrons. The van der Waals surface area contributed by atoms with Gasteiger partial charge < -0.3 is 9.47 Å². The van der Waals surface area contributed by atoms with Crippen LogP contribution in [0.15, 0.2) is 207 Å².